The van der Waals surface area contributed by atoms with E-state index in [0.29, 0.717) is 0 Å². The van der Waals surface area contributed by atoms with Crippen molar-refractivity contribution in [2.45, 2.75) is 26.2 Å². The van der Waals surface area contributed by atoms with Crippen LogP contribution in [-0.4, -0.2) is 6.34 Å². The number of fused-ring (bicyclic) bond motifs is 1. The molecule has 1 N–H and O–H groups in total. The lowest BCUT2D eigenvalue weighted by atomic mass is 9.84. The molecule has 0 aromatic heterocycles. The molecule has 0 aliphatic carbocycles. The Labute approximate surface area is 90.7 Å². The molecule has 1 aromatic rings. The van der Waals surface area contributed by atoms with Crippen LogP contribution in [0.15, 0.2) is 29.8 Å². The van der Waals surface area contributed by atoms with Crippen molar-refractivity contribution in [3.05, 3.63) is 35.9 Å². The highest BCUT2D eigenvalue weighted by Gasteiger charge is 2.21. The first-order valence-electron chi connectivity index (χ1n) is 5.12. The lowest BCUT2D eigenvalue weighted by Crippen LogP contribution is -2.17. The summed E-state index contributed by atoms with van der Waals surface area (Å²) >= 11 is 0. The van der Waals surface area contributed by atoms with E-state index in [1.54, 1.807) is 6.34 Å². The second kappa shape index (κ2) is 3.23. The molecular formula is C13H16N2. The molecule has 1 heterocycles. The van der Waals surface area contributed by atoms with Gasteiger partial charge in [-0.2, -0.15) is 0 Å². The molecular weight excluding hydrogens is 184 g/mol. The van der Waals surface area contributed by atoms with Gasteiger partial charge < -0.3 is 5.32 Å². The number of para-hydroxylation sites is 1. The van der Waals surface area contributed by atoms with Gasteiger partial charge in [0.2, 0.25) is 0 Å². The predicted molar refractivity (Wildman–Crippen MR) is 65.5 cm³/mol. The van der Waals surface area contributed by atoms with Crippen LogP contribution in [-0.2, 0) is 5.41 Å². The summed E-state index contributed by atoms with van der Waals surface area (Å²) in [7, 11) is 0. The van der Waals surface area contributed by atoms with Crippen LogP contribution in [0, 0.1) is 0 Å². The Bertz CT molecular complexity index is 436. The van der Waals surface area contributed by atoms with Crippen LogP contribution in [0.25, 0.3) is 5.70 Å². The number of nitrogens with zero attached hydrogens (tertiary/aromatic N) is 1. The molecule has 1 aliphatic rings. The molecule has 0 spiro atoms. The third-order valence-corrected chi connectivity index (χ3v) is 2.60. The van der Waals surface area contributed by atoms with E-state index in [-0.39, 0.29) is 5.41 Å². The van der Waals surface area contributed by atoms with Crippen LogP contribution in [0.4, 0.5) is 5.69 Å². The van der Waals surface area contributed by atoms with Crippen molar-refractivity contribution in [2.24, 2.45) is 4.99 Å². The van der Waals surface area contributed by atoms with Crippen LogP contribution in [0.3, 0.4) is 0 Å². The van der Waals surface area contributed by atoms with E-state index in [0.717, 1.165) is 16.9 Å². The van der Waals surface area contributed by atoms with Crippen molar-refractivity contribution in [1.82, 2.24) is 5.32 Å². The summed E-state index contributed by atoms with van der Waals surface area (Å²) in [5.41, 5.74) is 4.45. The fraction of sp³-hybridized carbons (Fsp3) is 0.308. The monoisotopic (exact) mass is 200 g/mol. The van der Waals surface area contributed by atoms with Crippen molar-refractivity contribution in [3.8, 4) is 0 Å². The minimum atomic E-state index is 0.111. The normalized spacial score (nSPS) is 14.7. The van der Waals surface area contributed by atoms with Gasteiger partial charge in [-0.1, -0.05) is 45.5 Å². The third kappa shape index (κ3) is 1.67. The first kappa shape index (κ1) is 9.97. The molecule has 0 unspecified atom stereocenters. The van der Waals surface area contributed by atoms with E-state index < -0.39 is 0 Å². The highest BCUT2D eigenvalue weighted by molar-refractivity contribution is 5.87. The Morgan fingerprint density at radius 1 is 1.27 bits per heavy atom. The van der Waals surface area contributed by atoms with Gasteiger partial charge in [-0.15, -0.1) is 0 Å². The van der Waals surface area contributed by atoms with Crippen molar-refractivity contribution in [2.75, 3.05) is 0 Å². The molecule has 2 rings (SSSR count). The Morgan fingerprint density at radius 3 is 2.67 bits per heavy atom. The lowest BCUT2D eigenvalue weighted by molar-refractivity contribution is 0.591. The maximum Gasteiger partial charge on any atom is 0.0930 e. The Balaban J connectivity index is 2.66. The third-order valence-electron chi connectivity index (χ3n) is 2.60. The fourth-order valence-electron chi connectivity index (χ4n) is 1.78. The van der Waals surface area contributed by atoms with Crippen molar-refractivity contribution >= 4 is 17.7 Å². The second-order valence-electron chi connectivity index (χ2n) is 4.83. The zero-order valence-electron chi connectivity index (χ0n) is 9.46. The summed E-state index contributed by atoms with van der Waals surface area (Å²) < 4.78 is 0. The highest BCUT2D eigenvalue weighted by Crippen LogP contribution is 2.37. The van der Waals surface area contributed by atoms with Crippen molar-refractivity contribution in [3.63, 3.8) is 0 Å². The standard InChI is InChI=1S/C13H16N2/c1-9-10-6-5-7-11(13(2,3)4)12(10)15-8-14-9/h5-8H,1H2,2-4H3,(H,14,15). The summed E-state index contributed by atoms with van der Waals surface area (Å²) in [5, 5.41) is 3.03. The molecule has 78 valence electrons. The van der Waals surface area contributed by atoms with E-state index in [1.165, 1.54) is 5.56 Å². The fourth-order valence-corrected chi connectivity index (χ4v) is 1.78. The number of hydrogen-bond donors (Lipinski definition) is 1. The van der Waals surface area contributed by atoms with Gasteiger partial charge in [0.05, 0.1) is 12.0 Å². The van der Waals surface area contributed by atoms with Gasteiger partial charge in [0.25, 0.3) is 0 Å². The van der Waals surface area contributed by atoms with Gasteiger partial charge in [0.1, 0.15) is 0 Å². The molecule has 0 fully saturated rings. The molecule has 0 amide bonds. The molecule has 0 bridgehead atoms. The Kier molecular flexibility index (Phi) is 2.14. The maximum absolute atomic E-state index is 4.41. The summed E-state index contributed by atoms with van der Waals surface area (Å²) in [4.78, 5) is 4.41. The number of nitrogens with one attached hydrogen (secondary N) is 1. The van der Waals surface area contributed by atoms with Gasteiger partial charge in [-0.3, -0.25) is 0 Å². The lowest BCUT2D eigenvalue weighted by Gasteiger charge is -2.25. The van der Waals surface area contributed by atoms with Gasteiger partial charge in [0, 0.05) is 11.3 Å². The molecule has 15 heavy (non-hydrogen) atoms. The summed E-state index contributed by atoms with van der Waals surface area (Å²) in [6.45, 7) is 10.6. The zero-order chi connectivity index (χ0) is 11.1. The largest absolute Gasteiger partial charge is 0.346 e. The SMILES string of the molecule is C=C1NC=Nc2c1cccc2C(C)(C)C. The summed E-state index contributed by atoms with van der Waals surface area (Å²) in [5.74, 6) is 0. The molecule has 0 radical (unpaired) electrons. The second-order valence-corrected chi connectivity index (χ2v) is 4.83. The van der Waals surface area contributed by atoms with Crippen LogP contribution in [0.2, 0.25) is 0 Å². The van der Waals surface area contributed by atoms with Crippen molar-refractivity contribution < 1.29 is 0 Å². The number of aliphatic imine (C=N–C) groups is 1. The van der Waals surface area contributed by atoms with Crippen LogP contribution >= 0.6 is 0 Å². The smallest absolute Gasteiger partial charge is 0.0930 e. The average Bonchev–Trinajstić information content (AvgIpc) is 2.16. The van der Waals surface area contributed by atoms with Gasteiger partial charge in [-0.05, 0) is 11.0 Å². The molecule has 0 saturated heterocycles. The molecule has 0 atom stereocenters. The first-order valence-corrected chi connectivity index (χ1v) is 5.12. The zero-order valence-corrected chi connectivity index (χ0v) is 9.46. The molecule has 2 heteroatoms. The quantitative estimate of drug-likeness (QED) is 0.683. The van der Waals surface area contributed by atoms with E-state index in [2.05, 4.69) is 55.9 Å². The minimum absolute atomic E-state index is 0.111. The number of hydrogen-bond acceptors (Lipinski definition) is 2. The number of rotatable bonds is 0. The summed E-state index contributed by atoms with van der Waals surface area (Å²) in [6, 6.07) is 6.25. The minimum Gasteiger partial charge on any atom is -0.346 e. The molecule has 1 aromatic carbocycles. The molecule has 1 aliphatic heterocycles. The maximum atomic E-state index is 4.41. The number of benzene rings is 1. The van der Waals surface area contributed by atoms with Crippen LogP contribution in [0.1, 0.15) is 31.9 Å². The Hall–Kier alpha value is -1.57. The van der Waals surface area contributed by atoms with Crippen LogP contribution in [0.5, 0.6) is 0 Å². The predicted octanol–water partition coefficient (Wildman–Crippen LogP) is 3.22. The van der Waals surface area contributed by atoms with E-state index >= 15 is 0 Å². The van der Waals surface area contributed by atoms with E-state index in [4.69, 9.17) is 0 Å². The van der Waals surface area contributed by atoms with Crippen molar-refractivity contribution in [1.29, 1.82) is 0 Å². The molecule has 2 nitrogen and oxygen atoms in total. The van der Waals surface area contributed by atoms with Gasteiger partial charge in [-0.25, -0.2) is 4.99 Å². The average molecular weight is 200 g/mol. The van der Waals surface area contributed by atoms with E-state index in [1.807, 2.05) is 0 Å². The topological polar surface area (TPSA) is 24.4 Å². The van der Waals surface area contributed by atoms with E-state index in [9.17, 15) is 0 Å². The summed E-state index contributed by atoms with van der Waals surface area (Å²) in [6.07, 6.45) is 1.71. The van der Waals surface area contributed by atoms with Gasteiger partial charge in [0.15, 0.2) is 0 Å². The Morgan fingerprint density at radius 2 is 2.00 bits per heavy atom. The first-order chi connectivity index (χ1) is 7.00. The highest BCUT2D eigenvalue weighted by atomic mass is 15.0. The van der Waals surface area contributed by atoms with Gasteiger partial charge >= 0.3 is 0 Å². The molecule has 0 saturated carbocycles. The van der Waals surface area contributed by atoms with Crippen LogP contribution < -0.4 is 5.32 Å².